The average molecular weight is 406 g/mol. The maximum Gasteiger partial charge on any atom is 0.159 e. The molecule has 0 saturated carbocycles. The van der Waals surface area contributed by atoms with Crippen molar-refractivity contribution in [3.63, 3.8) is 0 Å². The quantitative estimate of drug-likeness (QED) is 0.401. The van der Waals surface area contributed by atoms with Crippen molar-refractivity contribution in [3.8, 4) is 0 Å². The lowest BCUT2D eigenvalue weighted by Crippen LogP contribution is -2.17. The zero-order valence-corrected chi connectivity index (χ0v) is 18.8. The van der Waals surface area contributed by atoms with E-state index in [1.807, 2.05) is 55.5 Å². The molecule has 0 unspecified atom stereocenters. The number of hydrogen-bond donors (Lipinski definition) is 2. The normalized spacial score (nSPS) is 10.1. The van der Waals surface area contributed by atoms with Crippen LogP contribution in [0.1, 0.15) is 57.5 Å². The fraction of sp³-hybridized carbons (Fsp3) is 0.391. The lowest BCUT2D eigenvalue weighted by Gasteiger charge is -2.05. The Bertz CT molecular complexity index is 656. The van der Waals surface area contributed by atoms with Crippen LogP contribution in [0.25, 0.3) is 0 Å². The molecule has 2 aromatic rings. The lowest BCUT2D eigenvalue weighted by atomic mass is 10.1. The molecule has 0 aliphatic carbocycles. The Balaban J connectivity index is 0. The molecule has 0 aliphatic rings. The van der Waals surface area contributed by atoms with Gasteiger partial charge in [0.05, 0.1) is 5.71 Å². The van der Waals surface area contributed by atoms with E-state index in [1.54, 1.807) is 6.92 Å². The first-order valence-corrected chi connectivity index (χ1v) is 9.39. The molecule has 3 N–H and O–H groups in total. The van der Waals surface area contributed by atoms with E-state index in [1.165, 1.54) is 0 Å². The predicted octanol–water partition coefficient (Wildman–Crippen LogP) is 5.32. The third-order valence-corrected chi connectivity index (χ3v) is 3.33. The highest BCUT2D eigenvalue weighted by atomic mass is 35.5. The zero-order chi connectivity index (χ0) is 20.7. The van der Waals surface area contributed by atoms with E-state index in [9.17, 15) is 4.79 Å². The first-order chi connectivity index (χ1) is 12.8. The Morgan fingerprint density at radius 2 is 1.29 bits per heavy atom. The van der Waals surface area contributed by atoms with Crippen LogP contribution in [-0.2, 0) is 0 Å². The van der Waals surface area contributed by atoms with Crippen LogP contribution < -0.4 is 11.2 Å². The van der Waals surface area contributed by atoms with Gasteiger partial charge in [0.1, 0.15) is 0 Å². The van der Waals surface area contributed by atoms with E-state index >= 15 is 0 Å². The smallest absolute Gasteiger partial charge is 0.159 e. The summed E-state index contributed by atoms with van der Waals surface area (Å²) < 4.78 is 0. The van der Waals surface area contributed by atoms with Crippen molar-refractivity contribution >= 4 is 23.9 Å². The summed E-state index contributed by atoms with van der Waals surface area (Å²) in [6.07, 6.45) is 0. The number of carbonyl (C=O) groups excluding carboxylic acids is 1. The largest absolute Gasteiger partial charge is 0.330 e. The Labute approximate surface area is 177 Å². The van der Waals surface area contributed by atoms with Crippen molar-refractivity contribution < 1.29 is 4.79 Å². The summed E-state index contributed by atoms with van der Waals surface area (Å²) in [5.41, 5.74) is 11.2. The molecular formula is C23H36ClN3O. The molecule has 0 heterocycles. The van der Waals surface area contributed by atoms with Gasteiger partial charge >= 0.3 is 0 Å². The first kappa shape index (κ1) is 28.0. The molecule has 0 aliphatic heterocycles. The Hall–Kier alpha value is -2.17. The molecule has 2 rings (SSSR count). The summed E-state index contributed by atoms with van der Waals surface area (Å²) in [5, 5.41) is 4.26. The van der Waals surface area contributed by atoms with Crippen LogP contribution in [0.3, 0.4) is 0 Å². The van der Waals surface area contributed by atoms with Crippen LogP contribution in [0.4, 0.5) is 0 Å². The fourth-order valence-electron chi connectivity index (χ4n) is 1.64. The van der Waals surface area contributed by atoms with Crippen LogP contribution in [0.2, 0.25) is 0 Å². The number of nitrogens with zero attached hydrogens (tertiary/aromatic N) is 1. The van der Waals surface area contributed by atoms with Crippen LogP contribution in [-0.4, -0.2) is 24.1 Å². The molecule has 5 heteroatoms. The number of halogens is 1. The summed E-state index contributed by atoms with van der Waals surface area (Å²) in [7, 11) is 0. The summed E-state index contributed by atoms with van der Waals surface area (Å²) in [6.45, 7) is 12.7. The maximum atomic E-state index is 10.6. The SMILES string of the molecule is C/C(=N\NC(C)C)c1ccccc1.CC(=O)c1ccccc1.CC(C)CN.Cl. The molecule has 0 atom stereocenters. The Morgan fingerprint density at radius 1 is 0.893 bits per heavy atom. The molecule has 0 saturated heterocycles. The summed E-state index contributed by atoms with van der Waals surface area (Å²) in [6, 6.07) is 19.8. The van der Waals surface area contributed by atoms with Crippen molar-refractivity contribution in [2.45, 2.75) is 47.6 Å². The second kappa shape index (κ2) is 17.0. The van der Waals surface area contributed by atoms with Gasteiger partial charge in [0.25, 0.3) is 0 Å². The molecule has 0 radical (unpaired) electrons. The highest BCUT2D eigenvalue weighted by molar-refractivity contribution is 5.98. The van der Waals surface area contributed by atoms with Gasteiger partial charge in [-0.05, 0) is 45.7 Å². The van der Waals surface area contributed by atoms with Crippen LogP contribution in [0.15, 0.2) is 65.8 Å². The molecule has 2 aromatic carbocycles. The van der Waals surface area contributed by atoms with E-state index in [4.69, 9.17) is 5.73 Å². The van der Waals surface area contributed by atoms with E-state index in [-0.39, 0.29) is 18.2 Å². The number of benzene rings is 2. The van der Waals surface area contributed by atoms with Gasteiger partial charge < -0.3 is 11.2 Å². The molecule has 0 fully saturated rings. The van der Waals surface area contributed by atoms with Crippen molar-refractivity contribution in [2.24, 2.45) is 16.8 Å². The molecule has 4 nitrogen and oxygen atoms in total. The number of carbonyl (C=O) groups is 1. The Kier molecular flexibility index (Phi) is 17.0. The first-order valence-electron chi connectivity index (χ1n) is 9.39. The summed E-state index contributed by atoms with van der Waals surface area (Å²) in [4.78, 5) is 10.6. The second-order valence-corrected chi connectivity index (χ2v) is 6.90. The van der Waals surface area contributed by atoms with E-state index < -0.39 is 0 Å². The van der Waals surface area contributed by atoms with Gasteiger partial charge in [0, 0.05) is 11.6 Å². The van der Waals surface area contributed by atoms with Gasteiger partial charge in [-0.25, -0.2) is 0 Å². The van der Waals surface area contributed by atoms with Gasteiger partial charge in [-0.15, -0.1) is 12.4 Å². The number of ketones is 1. The Morgan fingerprint density at radius 3 is 1.57 bits per heavy atom. The minimum atomic E-state index is 0. The van der Waals surface area contributed by atoms with Gasteiger partial charge in [-0.3, -0.25) is 4.79 Å². The minimum Gasteiger partial charge on any atom is -0.330 e. The topological polar surface area (TPSA) is 67.5 Å². The number of rotatable bonds is 5. The number of hydrazone groups is 1. The van der Waals surface area contributed by atoms with Crippen molar-refractivity contribution in [3.05, 3.63) is 71.8 Å². The molecular weight excluding hydrogens is 370 g/mol. The molecule has 0 bridgehead atoms. The molecule has 0 spiro atoms. The van der Waals surface area contributed by atoms with Crippen molar-refractivity contribution in [1.82, 2.24) is 5.43 Å². The molecule has 0 aromatic heterocycles. The minimum absolute atomic E-state index is 0. The van der Waals surface area contributed by atoms with Gasteiger partial charge in [-0.2, -0.15) is 5.10 Å². The average Bonchev–Trinajstić information content (AvgIpc) is 2.68. The van der Waals surface area contributed by atoms with Crippen LogP contribution in [0.5, 0.6) is 0 Å². The standard InChI is InChI=1S/C11H16N2.C8H8O.C4H11N.ClH/c1-9(2)12-13-10(3)11-7-5-4-6-8-11;1-7(9)8-5-3-2-4-6-8;1-4(2)3-5;/h4-9,12H,1-3H3;2-6H,1H3;4H,3,5H2,1-2H3;1H/b13-10+;;;. The zero-order valence-electron chi connectivity index (χ0n) is 18.0. The number of nitrogens with one attached hydrogen (secondary N) is 1. The predicted molar refractivity (Wildman–Crippen MR) is 125 cm³/mol. The van der Waals surface area contributed by atoms with Gasteiger partial charge in [-0.1, -0.05) is 74.5 Å². The highest BCUT2D eigenvalue weighted by Gasteiger charge is 1.95. The summed E-state index contributed by atoms with van der Waals surface area (Å²) in [5.74, 6) is 0.783. The van der Waals surface area contributed by atoms with Gasteiger partial charge in [0.2, 0.25) is 0 Å². The van der Waals surface area contributed by atoms with Gasteiger partial charge in [0.15, 0.2) is 5.78 Å². The van der Waals surface area contributed by atoms with Crippen molar-refractivity contribution in [2.75, 3.05) is 6.54 Å². The van der Waals surface area contributed by atoms with Crippen LogP contribution in [0, 0.1) is 5.92 Å². The third kappa shape index (κ3) is 14.9. The molecule has 156 valence electrons. The monoisotopic (exact) mass is 405 g/mol. The lowest BCUT2D eigenvalue weighted by molar-refractivity contribution is 0.101. The number of Topliss-reactive ketones (excluding diaryl/α,β-unsaturated/α-hetero) is 1. The third-order valence-electron chi connectivity index (χ3n) is 3.33. The molecule has 28 heavy (non-hydrogen) atoms. The second-order valence-electron chi connectivity index (χ2n) is 6.90. The highest BCUT2D eigenvalue weighted by Crippen LogP contribution is 2.00. The van der Waals surface area contributed by atoms with E-state index in [2.05, 4.69) is 50.4 Å². The van der Waals surface area contributed by atoms with Crippen LogP contribution >= 0.6 is 12.4 Å². The maximum absolute atomic E-state index is 10.6. The van der Waals surface area contributed by atoms with E-state index in [0.717, 1.165) is 23.4 Å². The number of hydrogen-bond acceptors (Lipinski definition) is 4. The summed E-state index contributed by atoms with van der Waals surface area (Å²) >= 11 is 0. The molecule has 0 amide bonds. The van der Waals surface area contributed by atoms with E-state index in [0.29, 0.717) is 12.0 Å². The van der Waals surface area contributed by atoms with Crippen molar-refractivity contribution in [1.29, 1.82) is 0 Å². The fourth-order valence-corrected chi connectivity index (χ4v) is 1.64. The number of nitrogens with two attached hydrogens (primary N) is 1.